The summed E-state index contributed by atoms with van der Waals surface area (Å²) < 4.78 is 10.8. The molecule has 0 saturated heterocycles. The average Bonchev–Trinajstić information content (AvgIpc) is 3.19. The molecular formula is C13H24N2O3. The average molecular weight is 256 g/mol. The van der Waals surface area contributed by atoms with Gasteiger partial charge in [0.2, 0.25) is 5.91 Å². The van der Waals surface area contributed by atoms with E-state index in [1.165, 1.54) is 0 Å². The minimum absolute atomic E-state index is 0.270. The number of nitrogens with two attached hydrogens (primary N) is 1. The number of rotatable bonds is 10. The predicted molar refractivity (Wildman–Crippen MR) is 68.1 cm³/mol. The monoisotopic (exact) mass is 256 g/mol. The zero-order valence-electron chi connectivity index (χ0n) is 11.1. The number of carbonyl (C=O) groups excluding carboxylic acids is 1. The molecule has 5 heteroatoms. The minimum Gasteiger partial charge on any atom is -0.379 e. The molecule has 0 aromatic carbocycles. The van der Waals surface area contributed by atoms with E-state index in [-0.39, 0.29) is 5.91 Å². The molecule has 0 aromatic heterocycles. The summed E-state index contributed by atoms with van der Waals surface area (Å²) in [6, 6.07) is 0.452. The van der Waals surface area contributed by atoms with Crippen LogP contribution in [0.5, 0.6) is 0 Å². The fourth-order valence-corrected chi connectivity index (χ4v) is 2.28. The largest absolute Gasteiger partial charge is 0.379 e. The van der Waals surface area contributed by atoms with E-state index in [2.05, 4.69) is 5.32 Å². The fourth-order valence-electron chi connectivity index (χ4n) is 2.28. The Balaban J connectivity index is 1.84. The van der Waals surface area contributed by atoms with Gasteiger partial charge in [-0.1, -0.05) is 0 Å². The van der Waals surface area contributed by atoms with Gasteiger partial charge in [0.25, 0.3) is 0 Å². The number of primary amides is 1. The molecule has 2 aliphatic carbocycles. The Bertz CT molecular complexity index is 290. The van der Waals surface area contributed by atoms with Crippen molar-refractivity contribution in [3.05, 3.63) is 0 Å². The van der Waals surface area contributed by atoms with Gasteiger partial charge in [0, 0.05) is 12.6 Å². The predicted octanol–water partition coefficient (Wildman–Crippen LogP) is 0.426. The maximum Gasteiger partial charge on any atom is 0.240 e. The second kappa shape index (κ2) is 5.99. The molecule has 2 fully saturated rings. The molecule has 0 heterocycles. The number of ether oxygens (including phenoxy) is 2. The highest BCUT2D eigenvalue weighted by Crippen LogP contribution is 2.41. The van der Waals surface area contributed by atoms with E-state index in [9.17, 15) is 4.79 Å². The van der Waals surface area contributed by atoms with Crippen LogP contribution in [-0.4, -0.2) is 43.9 Å². The van der Waals surface area contributed by atoms with Crippen LogP contribution in [0.1, 0.15) is 32.6 Å². The summed E-state index contributed by atoms with van der Waals surface area (Å²) in [6.07, 6.45) is 4.41. The summed E-state index contributed by atoms with van der Waals surface area (Å²) in [5.74, 6) is 0.0796. The molecule has 0 aromatic rings. The molecule has 2 rings (SSSR count). The molecule has 0 spiro atoms. The molecule has 5 nitrogen and oxygen atoms in total. The Hall–Kier alpha value is -0.650. The summed E-state index contributed by atoms with van der Waals surface area (Å²) in [6.45, 7) is 4.10. The zero-order chi connectivity index (χ0) is 13.0. The van der Waals surface area contributed by atoms with E-state index >= 15 is 0 Å². The first-order chi connectivity index (χ1) is 8.69. The molecule has 3 N–H and O–H groups in total. The third-order valence-corrected chi connectivity index (χ3v) is 3.66. The Kier molecular flexibility index (Phi) is 4.59. The van der Waals surface area contributed by atoms with Crippen LogP contribution in [0.2, 0.25) is 0 Å². The third kappa shape index (κ3) is 3.43. The summed E-state index contributed by atoms with van der Waals surface area (Å²) in [7, 11) is 0. The molecule has 0 bridgehead atoms. The van der Waals surface area contributed by atoms with Gasteiger partial charge in [-0.25, -0.2) is 0 Å². The smallest absolute Gasteiger partial charge is 0.240 e. The van der Waals surface area contributed by atoms with E-state index < -0.39 is 5.54 Å². The first kappa shape index (κ1) is 13.8. The SMILES string of the molecule is CCOCCOCC(NC1CC1)(C(N)=O)C1CC1. The Morgan fingerprint density at radius 2 is 1.94 bits per heavy atom. The van der Waals surface area contributed by atoms with Gasteiger partial charge in [0.1, 0.15) is 5.54 Å². The maximum absolute atomic E-state index is 11.8. The van der Waals surface area contributed by atoms with E-state index in [4.69, 9.17) is 15.2 Å². The molecular weight excluding hydrogens is 232 g/mol. The van der Waals surface area contributed by atoms with Gasteiger partial charge in [-0.05, 0) is 38.5 Å². The van der Waals surface area contributed by atoms with Gasteiger partial charge in [-0.15, -0.1) is 0 Å². The van der Waals surface area contributed by atoms with Crippen LogP contribution in [0.4, 0.5) is 0 Å². The van der Waals surface area contributed by atoms with Crippen LogP contribution >= 0.6 is 0 Å². The maximum atomic E-state index is 11.8. The second-order valence-corrected chi connectivity index (χ2v) is 5.28. The lowest BCUT2D eigenvalue weighted by Gasteiger charge is -2.32. The van der Waals surface area contributed by atoms with Gasteiger partial charge < -0.3 is 15.2 Å². The van der Waals surface area contributed by atoms with Crippen molar-refractivity contribution in [2.75, 3.05) is 26.4 Å². The van der Waals surface area contributed by atoms with Gasteiger partial charge >= 0.3 is 0 Å². The lowest BCUT2D eigenvalue weighted by Crippen LogP contribution is -2.61. The van der Waals surface area contributed by atoms with E-state index in [1.807, 2.05) is 6.92 Å². The molecule has 104 valence electrons. The molecule has 0 aliphatic heterocycles. The zero-order valence-corrected chi connectivity index (χ0v) is 11.1. The van der Waals surface area contributed by atoms with E-state index in [0.717, 1.165) is 25.7 Å². The lowest BCUT2D eigenvalue weighted by molar-refractivity contribution is -0.128. The summed E-state index contributed by atoms with van der Waals surface area (Å²) in [5, 5.41) is 3.42. The lowest BCUT2D eigenvalue weighted by atomic mass is 9.93. The van der Waals surface area contributed by atoms with E-state index in [1.54, 1.807) is 0 Å². The third-order valence-electron chi connectivity index (χ3n) is 3.66. The highest BCUT2D eigenvalue weighted by atomic mass is 16.5. The summed E-state index contributed by atoms with van der Waals surface area (Å²) >= 11 is 0. The minimum atomic E-state index is -0.645. The summed E-state index contributed by atoms with van der Waals surface area (Å²) in [4.78, 5) is 11.8. The van der Waals surface area contributed by atoms with Crippen molar-refractivity contribution in [2.24, 2.45) is 11.7 Å². The van der Waals surface area contributed by atoms with E-state index in [0.29, 0.717) is 38.4 Å². The van der Waals surface area contributed by atoms with Crippen molar-refractivity contribution >= 4 is 5.91 Å². The second-order valence-electron chi connectivity index (χ2n) is 5.28. The van der Waals surface area contributed by atoms with Gasteiger partial charge in [0.05, 0.1) is 19.8 Å². The Morgan fingerprint density at radius 1 is 1.28 bits per heavy atom. The molecule has 2 aliphatic rings. The molecule has 1 unspecified atom stereocenters. The van der Waals surface area contributed by atoms with Crippen molar-refractivity contribution in [2.45, 2.75) is 44.2 Å². The standard InChI is InChI=1S/C13H24N2O3/c1-2-17-7-8-18-9-13(12(14)16,10-3-4-10)15-11-5-6-11/h10-11,15H,2-9H2,1H3,(H2,14,16). The molecule has 0 radical (unpaired) electrons. The van der Waals surface area contributed by atoms with Crippen LogP contribution in [0, 0.1) is 5.92 Å². The molecule has 1 atom stereocenters. The van der Waals surface area contributed by atoms with Crippen molar-refractivity contribution < 1.29 is 14.3 Å². The molecule has 1 amide bonds. The van der Waals surface area contributed by atoms with Gasteiger partial charge in [0.15, 0.2) is 0 Å². The number of hydrogen-bond donors (Lipinski definition) is 2. The van der Waals surface area contributed by atoms with Crippen LogP contribution in [0.15, 0.2) is 0 Å². The number of carbonyl (C=O) groups is 1. The van der Waals surface area contributed by atoms with Crippen molar-refractivity contribution in [1.82, 2.24) is 5.32 Å². The van der Waals surface area contributed by atoms with Crippen LogP contribution in [-0.2, 0) is 14.3 Å². The topological polar surface area (TPSA) is 73.6 Å². The number of nitrogens with one attached hydrogen (secondary N) is 1. The van der Waals surface area contributed by atoms with Crippen LogP contribution in [0.3, 0.4) is 0 Å². The summed E-state index contributed by atoms with van der Waals surface area (Å²) in [5.41, 5.74) is 4.97. The quantitative estimate of drug-likeness (QED) is 0.556. The van der Waals surface area contributed by atoms with Crippen LogP contribution < -0.4 is 11.1 Å². The van der Waals surface area contributed by atoms with Crippen molar-refractivity contribution in [3.63, 3.8) is 0 Å². The van der Waals surface area contributed by atoms with Gasteiger partial charge in [-0.2, -0.15) is 0 Å². The van der Waals surface area contributed by atoms with Crippen molar-refractivity contribution in [3.8, 4) is 0 Å². The molecule has 18 heavy (non-hydrogen) atoms. The highest BCUT2D eigenvalue weighted by molar-refractivity contribution is 5.86. The number of amides is 1. The molecule has 2 saturated carbocycles. The normalized spacial score (nSPS) is 22.7. The van der Waals surface area contributed by atoms with Crippen LogP contribution in [0.25, 0.3) is 0 Å². The highest BCUT2D eigenvalue weighted by Gasteiger charge is 2.52. The fraction of sp³-hybridized carbons (Fsp3) is 0.923. The first-order valence-corrected chi connectivity index (χ1v) is 6.92. The Labute approximate surface area is 108 Å². The van der Waals surface area contributed by atoms with Crippen molar-refractivity contribution in [1.29, 1.82) is 0 Å². The first-order valence-electron chi connectivity index (χ1n) is 6.92. The Morgan fingerprint density at radius 3 is 2.44 bits per heavy atom. The van der Waals surface area contributed by atoms with Gasteiger partial charge in [-0.3, -0.25) is 10.1 Å². The number of hydrogen-bond acceptors (Lipinski definition) is 4.